The number of likely N-dealkylation sites (N-methyl/N-ethyl adjacent to an activating group) is 1. The molecule has 0 aliphatic carbocycles. The molecule has 1 fully saturated rings. The van der Waals surface area contributed by atoms with E-state index in [2.05, 4.69) is 18.7 Å². The number of piperidine rings is 1. The van der Waals surface area contributed by atoms with E-state index in [9.17, 15) is 9.90 Å². The minimum absolute atomic E-state index is 0.147. The van der Waals surface area contributed by atoms with Crippen LogP contribution in [0.4, 0.5) is 0 Å². The summed E-state index contributed by atoms with van der Waals surface area (Å²) in [4.78, 5) is 16.2. The van der Waals surface area contributed by atoms with Crippen LogP contribution in [-0.2, 0) is 4.79 Å². The molecule has 0 bridgehead atoms. The largest absolute Gasteiger partial charge is 0.392 e. The topological polar surface area (TPSA) is 43.8 Å². The summed E-state index contributed by atoms with van der Waals surface area (Å²) in [6.45, 7) is 8.56. The minimum atomic E-state index is -0.445. The van der Waals surface area contributed by atoms with Crippen LogP contribution < -0.4 is 0 Å². The molecule has 1 amide bonds. The van der Waals surface area contributed by atoms with Gasteiger partial charge >= 0.3 is 0 Å². The molecular formula is C13H26N2O2. The van der Waals surface area contributed by atoms with Crippen molar-refractivity contribution in [2.45, 2.75) is 45.8 Å². The monoisotopic (exact) mass is 242 g/mol. The van der Waals surface area contributed by atoms with Crippen molar-refractivity contribution in [1.29, 1.82) is 0 Å². The van der Waals surface area contributed by atoms with Gasteiger partial charge in [0.1, 0.15) is 0 Å². The first-order valence-corrected chi connectivity index (χ1v) is 6.59. The third-order valence-electron chi connectivity index (χ3n) is 3.52. The maximum atomic E-state index is 12.1. The Balaban J connectivity index is 2.40. The predicted molar refractivity (Wildman–Crippen MR) is 68.8 cm³/mol. The molecule has 0 saturated carbocycles. The zero-order chi connectivity index (χ0) is 13.0. The van der Waals surface area contributed by atoms with Crippen LogP contribution in [0.25, 0.3) is 0 Å². The van der Waals surface area contributed by atoms with Gasteiger partial charge < -0.3 is 14.9 Å². The van der Waals surface area contributed by atoms with Gasteiger partial charge in [0.25, 0.3) is 0 Å². The van der Waals surface area contributed by atoms with Crippen molar-refractivity contribution >= 4 is 5.91 Å². The molecule has 1 rings (SSSR count). The molecule has 100 valence electrons. The van der Waals surface area contributed by atoms with E-state index in [0.29, 0.717) is 12.6 Å². The third kappa shape index (κ3) is 4.28. The van der Waals surface area contributed by atoms with Crippen LogP contribution in [0.5, 0.6) is 0 Å². The number of aliphatic hydroxyl groups excluding tert-OH is 1. The zero-order valence-corrected chi connectivity index (χ0v) is 11.5. The second-order valence-electron chi connectivity index (χ2n) is 5.47. The molecular weight excluding hydrogens is 216 g/mol. The van der Waals surface area contributed by atoms with E-state index in [-0.39, 0.29) is 11.8 Å². The highest BCUT2D eigenvalue weighted by molar-refractivity contribution is 5.78. The molecule has 1 unspecified atom stereocenters. The lowest BCUT2D eigenvalue weighted by Crippen LogP contribution is -2.44. The van der Waals surface area contributed by atoms with E-state index in [4.69, 9.17) is 0 Å². The quantitative estimate of drug-likeness (QED) is 0.798. The van der Waals surface area contributed by atoms with Gasteiger partial charge in [-0.15, -0.1) is 0 Å². The second kappa shape index (κ2) is 6.36. The smallest absolute Gasteiger partial charge is 0.225 e. The van der Waals surface area contributed by atoms with E-state index < -0.39 is 6.10 Å². The van der Waals surface area contributed by atoms with Gasteiger partial charge in [0.05, 0.1) is 6.10 Å². The van der Waals surface area contributed by atoms with Gasteiger partial charge in [-0.1, -0.05) is 0 Å². The van der Waals surface area contributed by atoms with Gasteiger partial charge in [0, 0.05) is 25.6 Å². The van der Waals surface area contributed by atoms with Gasteiger partial charge in [0.2, 0.25) is 5.91 Å². The Hall–Kier alpha value is -0.610. The number of nitrogens with zero attached hydrogens (tertiary/aromatic N) is 2. The summed E-state index contributed by atoms with van der Waals surface area (Å²) in [5.74, 6) is 0.336. The van der Waals surface area contributed by atoms with E-state index in [1.54, 1.807) is 18.9 Å². The standard InChI is InChI=1S/C13H26N2O2/c1-10(2)15-7-5-12(6-8-15)13(17)14(4)9-11(3)16/h10-12,16H,5-9H2,1-4H3. The maximum absolute atomic E-state index is 12.1. The molecule has 1 saturated heterocycles. The van der Waals surface area contributed by atoms with Gasteiger partial charge in [-0.25, -0.2) is 0 Å². The molecule has 1 atom stereocenters. The van der Waals surface area contributed by atoms with Crippen LogP contribution >= 0.6 is 0 Å². The van der Waals surface area contributed by atoms with Gasteiger partial charge in [-0.05, 0) is 46.7 Å². The Morgan fingerprint density at radius 1 is 1.35 bits per heavy atom. The lowest BCUT2D eigenvalue weighted by Gasteiger charge is -2.35. The number of amides is 1. The maximum Gasteiger partial charge on any atom is 0.225 e. The van der Waals surface area contributed by atoms with Crippen LogP contribution in [0.1, 0.15) is 33.6 Å². The third-order valence-corrected chi connectivity index (χ3v) is 3.52. The summed E-state index contributed by atoms with van der Waals surface area (Å²) < 4.78 is 0. The number of hydrogen-bond acceptors (Lipinski definition) is 3. The van der Waals surface area contributed by atoms with Crippen molar-refractivity contribution in [3.8, 4) is 0 Å². The molecule has 1 aliphatic heterocycles. The van der Waals surface area contributed by atoms with Crippen LogP contribution in [0.3, 0.4) is 0 Å². The van der Waals surface area contributed by atoms with Gasteiger partial charge in [0.15, 0.2) is 0 Å². The number of hydrogen-bond donors (Lipinski definition) is 1. The predicted octanol–water partition coefficient (Wildman–Crippen LogP) is 0.946. The molecule has 4 nitrogen and oxygen atoms in total. The molecule has 1 heterocycles. The molecule has 1 N–H and O–H groups in total. The highest BCUT2D eigenvalue weighted by atomic mass is 16.3. The number of carbonyl (C=O) groups is 1. The molecule has 1 aliphatic rings. The van der Waals surface area contributed by atoms with Crippen molar-refractivity contribution in [2.24, 2.45) is 5.92 Å². The highest BCUT2D eigenvalue weighted by Gasteiger charge is 2.28. The molecule has 0 aromatic heterocycles. The van der Waals surface area contributed by atoms with Crippen molar-refractivity contribution in [2.75, 3.05) is 26.7 Å². The van der Waals surface area contributed by atoms with E-state index in [0.717, 1.165) is 25.9 Å². The number of rotatable bonds is 4. The van der Waals surface area contributed by atoms with Crippen molar-refractivity contribution < 1.29 is 9.90 Å². The summed E-state index contributed by atoms with van der Waals surface area (Å²) in [5, 5.41) is 9.28. The average molecular weight is 242 g/mol. The first-order valence-electron chi connectivity index (χ1n) is 6.59. The number of aliphatic hydroxyl groups is 1. The molecule has 0 radical (unpaired) electrons. The summed E-state index contributed by atoms with van der Waals surface area (Å²) in [6, 6.07) is 0.571. The Morgan fingerprint density at radius 3 is 2.29 bits per heavy atom. The minimum Gasteiger partial charge on any atom is -0.392 e. The van der Waals surface area contributed by atoms with Crippen LogP contribution in [0.15, 0.2) is 0 Å². The second-order valence-corrected chi connectivity index (χ2v) is 5.47. The van der Waals surface area contributed by atoms with Crippen LogP contribution in [0, 0.1) is 5.92 Å². The number of carbonyl (C=O) groups excluding carboxylic acids is 1. The first kappa shape index (κ1) is 14.5. The van der Waals surface area contributed by atoms with Crippen molar-refractivity contribution in [1.82, 2.24) is 9.80 Å². The molecule has 0 aromatic carbocycles. The summed E-state index contributed by atoms with van der Waals surface area (Å²) >= 11 is 0. The summed E-state index contributed by atoms with van der Waals surface area (Å²) in [7, 11) is 1.78. The SMILES string of the molecule is CC(O)CN(C)C(=O)C1CCN(C(C)C)CC1. The fourth-order valence-corrected chi connectivity index (χ4v) is 2.46. The lowest BCUT2D eigenvalue weighted by molar-refractivity contribution is -0.137. The average Bonchev–Trinajstić information content (AvgIpc) is 2.27. The van der Waals surface area contributed by atoms with Gasteiger partial charge in [-0.2, -0.15) is 0 Å². The molecule has 4 heteroatoms. The Kier molecular flexibility index (Phi) is 5.40. The fraction of sp³-hybridized carbons (Fsp3) is 0.923. The Labute approximate surface area is 105 Å². The van der Waals surface area contributed by atoms with E-state index in [1.165, 1.54) is 0 Å². The van der Waals surface area contributed by atoms with Gasteiger partial charge in [-0.3, -0.25) is 4.79 Å². The van der Waals surface area contributed by atoms with Crippen molar-refractivity contribution in [3.63, 3.8) is 0 Å². The Bertz CT molecular complexity index is 246. The van der Waals surface area contributed by atoms with E-state index >= 15 is 0 Å². The summed E-state index contributed by atoms with van der Waals surface area (Å²) in [6.07, 6.45) is 1.45. The fourth-order valence-electron chi connectivity index (χ4n) is 2.46. The molecule has 0 aromatic rings. The normalized spacial score (nSPS) is 20.6. The lowest BCUT2D eigenvalue weighted by atomic mass is 9.94. The Morgan fingerprint density at radius 2 is 1.88 bits per heavy atom. The number of likely N-dealkylation sites (tertiary alicyclic amines) is 1. The van der Waals surface area contributed by atoms with Crippen molar-refractivity contribution in [3.05, 3.63) is 0 Å². The van der Waals surface area contributed by atoms with Crippen LogP contribution in [0.2, 0.25) is 0 Å². The zero-order valence-electron chi connectivity index (χ0n) is 11.5. The van der Waals surface area contributed by atoms with E-state index in [1.807, 2.05) is 0 Å². The molecule has 0 spiro atoms. The highest BCUT2D eigenvalue weighted by Crippen LogP contribution is 2.20. The first-order chi connectivity index (χ1) is 7.91. The van der Waals surface area contributed by atoms with Crippen LogP contribution in [-0.4, -0.2) is 59.6 Å². The summed E-state index contributed by atoms with van der Waals surface area (Å²) in [5.41, 5.74) is 0. The molecule has 17 heavy (non-hydrogen) atoms.